The molecule has 0 aliphatic carbocycles. The molecule has 0 radical (unpaired) electrons. The fraction of sp³-hybridized carbons (Fsp3) is 0.0455. The Morgan fingerprint density at radius 3 is 2.03 bits per heavy atom. The van der Waals surface area contributed by atoms with Crippen molar-refractivity contribution < 1.29 is 24.2 Å². The number of rotatable bonds is 5. The predicted molar refractivity (Wildman–Crippen MR) is 108 cm³/mol. The van der Waals surface area contributed by atoms with Crippen LogP contribution in [-0.4, -0.2) is 22.9 Å². The van der Waals surface area contributed by atoms with Crippen LogP contribution < -0.4 is 15.4 Å². The zero-order valence-electron chi connectivity index (χ0n) is 15.5. The summed E-state index contributed by atoms with van der Waals surface area (Å²) in [5.41, 5.74) is 1.39. The quantitative estimate of drug-likeness (QED) is 0.349. The van der Waals surface area contributed by atoms with E-state index in [-0.39, 0.29) is 17.3 Å². The Morgan fingerprint density at radius 2 is 1.41 bits per heavy atom. The molecule has 2 amide bonds. The van der Waals surface area contributed by atoms with Gasteiger partial charge in [0.1, 0.15) is 11.5 Å². The van der Waals surface area contributed by atoms with Crippen LogP contribution in [0.25, 0.3) is 0 Å². The molecule has 0 atom stereocenters. The van der Waals surface area contributed by atoms with E-state index in [4.69, 9.17) is 4.74 Å². The van der Waals surface area contributed by atoms with E-state index >= 15 is 0 Å². The second-order valence-electron chi connectivity index (χ2n) is 6.12. The zero-order valence-corrected chi connectivity index (χ0v) is 15.5. The molecule has 146 valence electrons. The highest BCUT2D eigenvalue weighted by Gasteiger charge is 2.11. The summed E-state index contributed by atoms with van der Waals surface area (Å²) in [4.78, 5) is 35.5. The first-order chi connectivity index (χ1) is 13.9. The largest absolute Gasteiger partial charge is 0.506 e. The van der Waals surface area contributed by atoms with E-state index in [9.17, 15) is 19.5 Å². The number of aromatic hydroxyl groups is 1. The molecule has 0 aromatic heterocycles. The minimum atomic E-state index is -0.447. The van der Waals surface area contributed by atoms with Crippen molar-refractivity contribution in [3.05, 3.63) is 83.9 Å². The van der Waals surface area contributed by atoms with Gasteiger partial charge in [0.2, 0.25) is 0 Å². The van der Waals surface area contributed by atoms with Gasteiger partial charge in [0.15, 0.2) is 0 Å². The van der Waals surface area contributed by atoms with Crippen LogP contribution in [0.3, 0.4) is 0 Å². The van der Waals surface area contributed by atoms with Crippen molar-refractivity contribution in [3.8, 4) is 11.5 Å². The highest BCUT2D eigenvalue weighted by atomic mass is 16.5. The molecule has 0 fully saturated rings. The third kappa shape index (κ3) is 5.20. The monoisotopic (exact) mass is 390 g/mol. The van der Waals surface area contributed by atoms with Gasteiger partial charge in [0, 0.05) is 29.8 Å². The highest BCUT2D eigenvalue weighted by molar-refractivity contribution is 6.06. The molecular formula is C22H18N2O5. The minimum absolute atomic E-state index is 0.183. The third-order valence-corrected chi connectivity index (χ3v) is 3.92. The fourth-order valence-electron chi connectivity index (χ4n) is 2.54. The molecule has 7 nitrogen and oxygen atoms in total. The first kappa shape index (κ1) is 19.6. The maximum atomic E-state index is 12.3. The topological polar surface area (TPSA) is 105 Å². The SMILES string of the molecule is CC(=O)Oc1ccc(C(=O)Nc2ccc(NC(=O)c3ccccc3)c(O)c2)cc1. The van der Waals surface area contributed by atoms with Crippen molar-refractivity contribution in [1.82, 2.24) is 0 Å². The van der Waals surface area contributed by atoms with Crippen LogP contribution >= 0.6 is 0 Å². The summed E-state index contributed by atoms with van der Waals surface area (Å²) < 4.78 is 4.92. The van der Waals surface area contributed by atoms with E-state index in [1.807, 2.05) is 0 Å². The van der Waals surface area contributed by atoms with Crippen LogP contribution in [0.1, 0.15) is 27.6 Å². The summed E-state index contributed by atoms with van der Waals surface area (Å²) in [6.45, 7) is 1.29. The van der Waals surface area contributed by atoms with Crippen molar-refractivity contribution in [2.75, 3.05) is 10.6 Å². The molecule has 7 heteroatoms. The summed E-state index contributed by atoms with van der Waals surface area (Å²) in [6, 6.07) is 19.1. The predicted octanol–water partition coefficient (Wildman–Crippen LogP) is 3.82. The lowest BCUT2D eigenvalue weighted by Gasteiger charge is -2.10. The van der Waals surface area contributed by atoms with Gasteiger partial charge in [-0.1, -0.05) is 18.2 Å². The number of anilines is 2. The number of benzene rings is 3. The second-order valence-corrected chi connectivity index (χ2v) is 6.12. The summed E-state index contributed by atoms with van der Waals surface area (Å²) >= 11 is 0. The van der Waals surface area contributed by atoms with Crippen molar-refractivity contribution in [1.29, 1.82) is 0 Å². The summed E-state index contributed by atoms with van der Waals surface area (Å²) in [5.74, 6) is -1.05. The Bertz CT molecular complexity index is 1050. The molecule has 3 rings (SSSR count). The van der Waals surface area contributed by atoms with Crippen molar-refractivity contribution >= 4 is 29.2 Å². The van der Waals surface area contributed by atoms with E-state index in [0.717, 1.165) is 0 Å². The number of carbonyl (C=O) groups excluding carboxylic acids is 3. The molecule has 0 saturated carbocycles. The molecule has 0 saturated heterocycles. The van der Waals surface area contributed by atoms with E-state index in [0.29, 0.717) is 22.6 Å². The standard InChI is InChI=1S/C22H18N2O5/c1-14(25)29-18-10-7-16(8-11-18)21(27)23-17-9-12-19(20(26)13-17)24-22(28)15-5-3-2-4-6-15/h2-13,26H,1H3,(H,23,27)(H,24,28). The molecular weight excluding hydrogens is 372 g/mol. The van der Waals surface area contributed by atoms with Gasteiger partial charge in [-0.15, -0.1) is 0 Å². The smallest absolute Gasteiger partial charge is 0.308 e. The Morgan fingerprint density at radius 1 is 0.793 bits per heavy atom. The zero-order chi connectivity index (χ0) is 20.8. The Balaban J connectivity index is 1.66. The van der Waals surface area contributed by atoms with E-state index in [1.165, 1.54) is 43.3 Å². The number of nitrogens with one attached hydrogen (secondary N) is 2. The van der Waals surface area contributed by atoms with E-state index in [2.05, 4.69) is 10.6 Å². The molecule has 0 aliphatic rings. The number of carbonyl (C=O) groups is 3. The van der Waals surface area contributed by atoms with E-state index < -0.39 is 11.9 Å². The van der Waals surface area contributed by atoms with Gasteiger partial charge in [-0.3, -0.25) is 14.4 Å². The van der Waals surface area contributed by atoms with Gasteiger partial charge in [0.05, 0.1) is 5.69 Å². The van der Waals surface area contributed by atoms with Crippen molar-refractivity contribution in [2.24, 2.45) is 0 Å². The van der Waals surface area contributed by atoms with E-state index in [1.54, 1.807) is 36.4 Å². The normalized spacial score (nSPS) is 10.1. The molecule has 29 heavy (non-hydrogen) atoms. The highest BCUT2D eigenvalue weighted by Crippen LogP contribution is 2.27. The number of amides is 2. The van der Waals surface area contributed by atoms with Gasteiger partial charge in [-0.25, -0.2) is 0 Å². The molecule has 0 heterocycles. The van der Waals surface area contributed by atoms with Crippen LogP contribution in [0, 0.1) is 0 Å². The molecule has 0 bridgehead atoms. The number of esters is 1. The fourth-order valence-corrected chi connectivity index (χ4v) is 2.54. The Kier molecular flexibility index (Phi) is 5.89. The lowest BCUT2D eigenvalue weighted by atomic mass is 10.2. The van der Waals surface area contributed by atoms with Gasteiger partial charge >= 0.3 is 5.97 Å². The first-order valence-corrected chi connectivity index (χ1v) is 8.71. The van der Waals surface area contributed by atoms with Crippen molar-refractivity contribution in [2.45, 2.75) is 6.92 Å². The van der Waals surface area contributed by atoms with Gasteiger partial charge in [-0.2, -0.15) is 0 Å². The molecule has 0 spiro atoms. The molecule has 3 aromatic rings. The minimum Gasteiger partial charge on any atom is -0.506 e. The average molecular weight is 390 g/mol. The maximum Gasteiger partial charge on any atom is 0.308 e. The molecule has 3 aromatic carbocycles. The number of hydrogen-bond acceptors (Lipinski definition) is 5. The lowest BCUT2D eigenvalue weighted by molar-refractivity contribution is -0.131. The second kappa shape index (κ2) is 8.71. The van der Waals surface area contributed by atoms with Gasteiger partial charge < -0.3 is 20.5 Å². The van der Waals surface area contributed by atoms with Gasteiger partial charge in [0.25, 0.3) is 11.8 Å². The maximum absolute atomic E-state index is 12.3. The summed E-state index contributed by atoms with van der Waals surface area (Å²) in [7, 11) is 0. The third-order valence-electron chi connectivity index (χ3n) is 3.92. The number of phenols is 1. The number of ether oxygens (including phenoxy) is 1. The average Bonchev–Trinajstić information content (AvgIpc) is 2.70. The Labute approximate surface area is 166 Å². The van der Waals surface area contributed by atoms with Crippen LogP contribution in [0.2, 0.25) is 0 Å². The molecule has 0 unspecified atom stereocenters. The van der Waals surface area contributed by atoms with Crippen LogP contribution in [0.4, 0.5) is 11.4 Å². The summed E-state index contributed by atoms with van der Waals surface area (Å²) in [5, 5.41) is 15.4. The Hall–Kier alpha value is -4.13. The number of hydrogen-bond donors (Lipinski definition) is 3. The van der Waals surface area contributed by atoms with Crippen LogP contribution in [0.5, 0.6) is 11.5 Å². The number of phenolic OH excluding ortho intramolecular Hbond substituents is 1. The molecule has 3 N–H and O–H groups in total. The molecule has 0 aliphatic heterocycles. The van der Waals surface area contributed by atoms with Crippen LogP contribution in [0.15, 0.2) is 72.8 Å². The summed E-state index contributed by atoms with van der Waals surface area (Å²) in [6.07, 6.45) is 0. The lowest BCUT2D eigenvalue weighted by Crippen LogP contribution is -2.13. The van der Waals surface area contributed by atoms with Crippen LogP contribution in [-0.2, 0) is 4.79 Å². The first-order valence-electron chi connectivity index (χ1n) is 8.71. The van der Waals surface area contributed by atoms with Gasteiger partial charge in [-0.05, 0) is 48.5 Å². The van der Waals surface area contributed by atoms with Crippen molar-refractivity contribution in [3.63, 3.8) is 0 Å².